The molecule has 3 rings (SSSR count). The SMILES string of the molecule is CC(=O)Nc1cccc(NC(=O)c2ccc(N3CCN(C(C)C)CC3)cc2)c1. The van der Waals surface area contributed by atoms with Crippen molar-refractivity contribution in [3.8, 4) is 0 Å². The Balaban J connectivity index is 1.60. The molecule has 6 heteroatoms. The molecule has 0 bridgehead atoms. The van der Waals surface area contributed by atoms with Crippen molar-refractivity contribution < 1.29 is 9.59 Å². The van der Waals surface area contributed by atoms with Crippen LogP contribution < -0.4 is 15.5 Å². The van der Waals surface area contributed by atoms with E-state index in [-0.39, 0.29) is 11.8 Å². The Morgan fingerprint density at radius 2 is 1.50 bits per heavy atom. The second-order valence-corrected chi connectivity index (χ2v) is 7.38. The summed E-state index contributed by atoms with van der Waals surface area (Å²) in [6.45, 7) is 10.0. The summed E-state index contributed by atoms with van der Waals surface area (Å²) in [7, 11) is 0. The minimum absolute atomic E-state index is 0.145. The Morgan fingerprint density at radius 3 is 2.07 bits per heavy atom. The molecule has 2 N–H and O–H groups in total. The van der Waals surface area contributed by atoms with Gasteiger partial charge in [0.1, 0.15) is 0 Å². The number of hydrogen-bond acceptors (Lipinski definition) is 4. The van der Waals surface area contributed by atoms with Gasteiger partial charge in [0.25, 0.3) is 5.91 Å². The fraction of sp³-hybridized carbons (Fsp3) is 0.364. The molecule has 2 amide bonds. The number of nitrogens with zero attached hydrogens (tertiary/aromatic N) is 2. The van der Waals surface area contributed by atoms with E-state index in [2.05, 4.69) is 34.3 Å². The molecule has 1 aliphatic heterocycles. The predicted octanol–water partition coefficient (Wildman–Crippen LogP) is 3.43. The molecule has 0 atom stereocenters. The van der Waals surface area contributed by atoms with Crippen LogP contribution in [0, 0.1) is 0 Å². The quantitative estimate of drug-likeness (QED) is 0.834. The van der Waals surface area contributed by atoms with Gasteiger partial charge in [0.15, 0.2) is 0 Å². The molecule has 148 valence electrons. The van der Waals surface area contributed by atoms with E-state index in [1.807, 2.05) is 24.3 Å². The molecule has 1 heterocycles. The molecule has 1 aliphatic rings. The largest absolute Gasteiger partial charge is 0.369 e. The summed E-state index contributed by atoms with van der Waals surface area (Å²) >= 11 is 0. The number of nitrogens with one attached hydrogen (secondary N) is 2. The Morgan fingerprint density at radius 1 is 0.893 bits per heavy atom. The Kier molecular flexibility index (Phi) is 6.31. The topological polar surface area (TPSA) is 64.7 Å². The van der Waals surface area contributed by atoms with Gasteiger partial charge >= 0.3 is 0 Å². The summed E-state index contributed by atoms with van der Waals surface area (Å²) in [5.41, 5.74) is 3.05. The average Bonchev–Trinajstić information content (AvgIpc) is 2.68. The summed E-state index contributed by atoms with van der Waals surface area (Å²) in [5, 5.41) is 5.59. The molecule has 0 aromatic heterocycles. The van der Waals surface area contributed by atoms with Crippen molar-refractivity contribution in [1.82, 2.24) is 4.90 Å². The fourth-order valence-electron chi connectivity index (χ4n) is 3.40. The smallest absolute Gasteiger partial charge is 0.255 e. The third kappa shape index (κ3) is 5.10. The van der Waals surface area contributed by atoms with Crippen molar-refractivity contribution in [2.75, 3.05) is 41.7 Å². The van der Waals surface area contributed by atoms with Crippen LogP contribution in [0.5, 0.6) is 0 Å². The minimum Gasteiger partial charge on any atom is -0.369 e. The first-order valence-electron chi connectivity index (χ1n) is 9.70. The zero-order valence-corrected chi connectivity index (χ0v) is 16.7. The highest BCUT2D eigenvalue weighted by atomic mass is 16.2. The first kappa shape index (κ1) is 19.9. The van der Waals surface area contributed by atoms with Crippen molar-refractivity contribution in [2.24, 2.45) is 0 Å². The number of rotatable bonds is 5. The van der Waals surface area contributed by atoms with Gasteiger partial charge in [-0.05, 0) is 56.3 Å². The number of piperazine rings is 1. The van der Waals surface area contributed by atoms with Gasteiger partial charge < -0.3 is 15.5 Å². The van der Waals surface area contributed by atoms with Crippen molar-refractivity contribution in [1.29, 1.82) is 0 Å². The van der Waals surface area contributed by atoms with E-state index < -0.39 is 0 Å². The van der Waals surface area contributed by atoms with Crippen LogP contribution in [0.1, 0.15) is 31.1 Å². The van der Waals surface area contributed by atoms with Gasteiger partial charge in [-0.1, -0.05) is 6.07 Å². The van der Waals surface area contributed by atoms with Crippen LogP contribution in [-0.4, -0.2) is 48.9 Å². The summed E-state index contributed by atoms with van der Waals surface area (Å²) in [6, 6.07) is 15.4. The summed E-state index contributed by atoms with van der Waals surface area (Å²) < 4.78 is 0. The van der Waals surface area contributed by atoms with E-state index in [1.54, 1.807) is 24.3 Å². The highest BCUT2D eigenvalue weighted by Crippen LogP contribution is 2.20. The lowest BCUT2D eigenvalue weighted by atomic mass is 10.1. The molecule has 0 spiro atoms. The van der Waals surface area contributed by atoms with E-state index in [0.29, 0.717) is 23.0 Å². The van der Waals surface area contributed by atoms with E-state index in [1.165, 1.54) is 6.92 Å². The van der Waals surface area contributed by atoms with E-state index in [9.17, 15) is 9.59 Å². The maximum atomic E-state index is 12.5. The molecular formula is C22H28N4O2. The predicted molar refractivity (Wildman–Crippen MR) is 114 cm³/mol. The standard InChI is InChI=1S/C22H28N4O2/c1-16(2)25-11-13-26(14-12-25)21-9-7-18(8-10-21)22(28)24-20-6-4-5-19(15-20)23-17(3)27/h4-10,15-16H,11-14H2,1-3H3,(H,23,27)(H,24,28). The molecule has 0 unspecified atom stereocenters. The third-order valence-corrected chi connectivity index (χ3v) is 4.98. The molecule has 1 fully saturated rings. The Hall–Kier alpha value is -2.86. The van der Waals surface area contributed by atoms with E-state index in [4.69, 9.17) is 0 Å². The number of amides is 2. The molecule has 0 aliphatic carbocycles. The number of hydrogen-bond donors (Lipinski definition) is 2. The first-order chi connectivity index (χ1) is 13.4. The lowest BCUT2D eigenvalue weighted by Gasteiger charge is -2.38. The van der Waals surface area contributed by atoms with Crippen molar-refractivity contribution in [3.63, 3.8) is 0 Å². The molecule has 0 radical (unpaired) electrons. The van der Waals surface area contributed by atoms with Crippen LogP contribution in [-0.2, 0) is 4.79 Å². The second kappa shape index (κ2) is 8.89. The molecule has 2 aromatic rings. The zero-order chi connectivity index (χ0) is 20.1. The van der Waals surface area contributed by atoms with Crippen LogP contribution >= 0.6 is 0 Å². The minimum atomic E-state index is -0.170. The van der Waals surface area contributed by atoms with Crippen LogP contribution in [0.4, 0.5) is 17.1 Å². The normalized spacial score (nSPS) is 14.8. The highest BCUT2D eigenvalue weighted by molar-refractivity contribution is 6.04. The maximum Gasteiger partial charge on any atom is 0.255 e. The fourth-order valence-corrected chi connectivity index (χ4v) is 3.40. The third-order valence-electron chi connectivity index (χ3n) is 4.98. The summed E-state index contributed by atoms with van der Waals surface area (Å²) in [5.74, 6) is -0.315. The number of carbonyl (C=O) groups is 2. The molecule has 0 saturated carbocycles. The van der Waals surface area contributed by atoms with Crippen LogP contribution in [0.25, 0.3) is 0 Å². The summed E-state index contributed by atoms with van der Waals surface area (Å²) in [4.78, 5) is 28.5. The van der Waals surface area contributed by atoms with Gasteiger partial charge in [-0.2, -0.15) is 0 Å². The van der Waals surface area contributed by atoms with Crippen LogP contribution in [0.15, 0.2) is 48.5 Å². The molecule has 1 saturated heterocycles. The van der Waals surface area contributed by atoms with Crippen molar-refractivity contribution in [2.45, 2.75) is 26.8 Å². The van der Waals surface area contributed by atoms with Crippen molar-refractivity contribution in [3.05, 3.63) is 54.1 Å². The second-order valence-electron chi connectivity index (χ2n) is 7.38. The number of anilines is 3. The van der Waals surface area contributed by atoms with Gasteiger partial charge in [-0.15, -0.1) is 0 Å². The van der Waals surface area contributed by atoms with Crippen LogP contribution in [0.3, 0.4) is 0 Å². The molecule has 2 aromatic carbocycles. The van der Waals surface area contributed by atoms with Crippen molar-refractivity contribution >= 4 is 28.9 Å². The summed E-state index contributed by atoms with van der Waals surface area (Å²) in [6.07, 6.45) is 0. The van der Waals surface area contributed by atoms with Gasteiger partial charge in [0, 0.05) is 61.8 Å². The lowest BCUT2D eigenvalue weighted by molar-refractivity contribution is -0.114. The highest BCUT2D eigenvalue weighted by Gasteiger charge is 2.19. The Labute approximate surface area is 166 Å². The van der Waals surface area contributed by atoms with Gasteiger partial charge in [-0.25, -0.2) is 0 Å². The molecule has 28 heavy (non-hydrogen) atoms. The van der Waals surface area contributed by atoms with E-state index in [0.717, 1.165) is 31.9 Å². The molecule has 6 nitrogen and oxygen atoms in total. The molecular weight excluding hydrogens is 352 g/mol. The first-order valence-corrected chi connectivity index (χ1v) is 9.70. The zero-order valence-electron chi connectivity index (χ0n) is 16.7. The monoisotopic (exact) mass is 380 g/mol. The Bertz CT molecular complexity index is 825. The van der Waals surface area contributed by atoms with Gasteiger partial charge in [0.2, 0.25) is 5.91 Å². The number of carbonyl (C=O) groups excluding carboxylic acids is 2. The lowest BCUT2D eigenvalue weighted by Crippen LogP contribution is -2.48. The average molecular weight is 380 g/mol. The van der Waals surface area contributed by atoms with Gasteiger partial charge in [0.05, 0.1) is 0 Å². The number of benzene rings is 2. The van der Waals surface area contributed by atoms with Crippen LogP contribution in [0.2, 0.25) is 0 Å². The van der Waals surface area contributed by atoms with Gasteiger partial charge in [-0.3, -0.25) is 14.5 Å². The maximum absolute atomic E-state index is 12.5. The van der Waals surface area contributed by atoms with E-state index >= 15 is 0 Å².